The predicted octanol–water partition coefficient (Wildman–Crippen LogP) is 5.51. The quantitative estimate of drug-likeness (QED) is 0.313. The normalized spacial score (nSPS) is 11.6. The average Bonchev–Trinajstić information content (AvgIpc) is 2.89. The van der Waals surface area contributed by atoms with Gasteiger partial charge in [-0.25, -0.2) is 0 Å². The lowest BCUT2D eigenvalue weighted by molar-refractivity contribution is -0.119. The van der Waals surface area contributed by atoms with Crippen molar-refractivity contribution in [2.24, 2.45) is 0 Å². The van der Waals surface area contributed by atoms with Crippen molar-refractivity contribution in [1.82, 2.24) is 9.55 Å². The van der Waals surface area contributed by atoms with E-state index in [1.54, 1.807) is 48.7 Å². The van der Waals surface area contributed by atoms with Gasteiger partial charge in [-0.2, -0.15) is 0 Å². The molecular weight excluding hydrogens is 490 g/mol. The summed E-state index contributed by atoms with van der Waals surface area (Å²) in [7, 11) is 1.46. The summed E-state index contributed by atoms with van der Waals surface area (Å²) in [5.41, 5.74) is 3.18. The number of Topliss-reactive ketones (excluding diaryl/α,β-unsaturated/α-hetero) is 1. The Kier molecular flexibility index (Phi) is 7.84. The Morgan fingerprint density at radius 2 is 1.81 bits per heavy atom. The highest BCUT2D eigenvalue weighted by molar-refractivity contribution is 6.31. The largest absolute Gasteiger partial charge is 0.495 e. The number of amides is 1. The number of carbonyl (C=O) groups excluding carboxylic acids is 2. The summed E-state index contributed by atoms with van der Waals surface area (Å²) in [6.45, 7) is 3.40. The minimum atomic E-state index is -0.918. The van der Waals surface area contributed by atoms with Crippen LogP contribution in [0.25, 0.3) is 11.1 Å². The first-order valence-corrected chi connectivity index (χ1v) is 12.0. The zero-order valence-corrected chi connectivity index (χ0v) is 21.5. The number of ketones is 1. The van der Waals surface area contributed by atoms with Crippen LogP contribution in [-0.4, -0.2) is 28.4 Å². The molecule has 4 aromatic rings. The summed E-state index contributed by atoms with van der Waals surface area (Å²) in [4.78, 5) is 43.6. The van der Waals surface area contributed by atoms with Crippen LogP contribution in [0.4, 0.5) is 5.69 Å². The van der Waals surface area contributed by atoms with Crippen LogP contribution < -0.4 is 15.6 Å². The number of aryl methyl sites for hydroxylation is 1. The van der Waals surface area contributed by atoms with Crippen LogP contribution in [0.5, 0.6) is 5.75 Å². The van der Waals surface area contributed by atoms with Crippen LogP contribution in [0, 0.1) is 6.92 Å². The lowest BCUT2D eigenvalue weighted by atomic mass is 9.97. The number of benzene rings is 2. The number of nitrogens with one attached hydrogen (secondary N) is 1. The predicted molar refractivity (Wildman–Crippen MR) is 144 cm³/mol. The number of hydrogen-bond donors (Lipinski definition) is 1. The van der Waals surface area contributed by atoms with E-state index in [9.17, 15) is 14.4 Å². The molecular formula is C29H26ClN3O4. The van der Waals surface area contributed by atoms with Crippen LogP contribution in [-0.2, 0) is 11.2 Å². The molecule has 0 aliphatic carbocycles. The second kappa shape index (κ2) is 11.2. The molecule has 2 aromatic heterocycles. The molecule has 1 atom stereocenters. The minimum absolute atomic E-state index is 0.177. The van der Waals surface area contributed by atoms with E-state index in [0.29, 0.717) is 38.8 Å². The molecule has 7 nitrogen and oxygen atoms in total. The number of halogens is 1. The second-order valence-corrected chi connectivity index (χ2v) is 9.08. The van der Waals surface area contributed by atoms with Gasteiger partial charge in [0.25, 0.3) is 5.56 Å². The van der Waals surface area contributed by atoms with E-state index in [0.717, 1.165) is 5.56 Å². The van der Waals surface area contributed by atoms with Gasteiger partial charge in [0.05, 0.1) is 13.3 Å². The van der Waals surface area contributed by atoms with Gasteiger partial charge in [0, 0.05) is 46.2 Å². The van der Waals surface area contributed by atoms with E-state index in [-0.39, 0.29) is 18.1 Å². The maximum absolute atomic E-state index is 13.5. The Bertz CT molecular complexity index is 1500. The molecule has 0 aliphatic rings. The SMILES string of the molecule is COc1cn(C(Cc2ccccn2)C(=O)Nc2ccc(C)cc2)c(=O)cc1-c1cc(Cl)ccc1C(C)=O. The summed E-state index contributed by atoms with van der Waals surface area (Å²) in [6, 6.07) is 18.1. The molecule has 2 aromatic carbocycles. The van der Waals surface area contributed by atoms with E-state index in [1.807, 2.05) is 25.1 Å². The molecule has 1 unspecified atom stereocenters. The highest BCUT2D eigenvalue weighted by atomic mass is 35.5. The number of nitrogens with zero attached hydrogens (tertiary/aromatic N) is 2. The third-order valence-electron chi connectivity index (χ3n) is 6.00. The third-order valence-corrected chi connectivity index (χ3v) is 6.24. The topological polar surface area (TPSA) is 90.3 Å². The van der Waals surface area contributed by atoms with Gasteiger partial charge in [-0.3, -0.25) is 23.9 Å². The molecule has 37 heavy (non-hydrogen) atoms. The summed E-state index contributed by atoms with van der Waals surface area (Å²) in [5.74, 6) is -0.236. The third kappa shape index (κ3) is 5.95. The Hall–Kier alpha value is -4.23. The van der Waals surface area contributed by atoms with Crippen LogP contribution in [0.1, 0.15) is 34.6 Å². The van der Waals surface area contributed by atoms with Gasteiger partial charge in [0.15, 0.2) is 5.78 Å². The van der Waals surface area contributed by atoms with Gasteiger partial charge in [-0.1, -0.05) is 35.4 Å². The average molecular weight is 516 g/mol. The minimum Gasteiger partial charge on any atom is -0.495 e. The van der Waals surface area contributed by atoms with Crippen LogP contribution in [0.15, 0.2) is 83.9 Å². The number of hydrogen-bond acceptors (Lipinski definition) is 5. The Balaban J connectivity index is 1.81. The van der Waals surface area contributed by atoms with Gasteiger partial charge in [0.1, 0.15) is 11.8 Å². The molecule has 1 amide bonds. The Morgan fingerprint density at radius 3 is 2.46 bits per heavy atom. The first-order chi connectivity index (χ1) is 17.8. The summed E-state index contributed by atoms with van der Waals surface area (Å²) >= 11 is 6.21. The van der Waals surface area contributed by atoms with E-state index >= 15 is 0 Å². The second-order valence-electron chi connectivity index (χ2n) is 8.64. The van der Waals surface area contributed by atoms with Crippen molar-refractivity contribution in [2.75, 3.05) is 12.4 Å². The van der Waals surface area contributed by atoms with Gasteiger partial charge in [-0.15, -0.1) is 0 Å². The highest BCUT2D eigenvalue weighted by Gasteiger charge is 2.25. The van der Waals surface area contributed by atoms with Crippen molar-refractivity contribution in [3.05, 3.63) is 111 Å². The molecule has 1 N–H and O–H groups in total. The number of pyridine rings is 2. The molecule has 0 saturated carbocycles. The molecule has 0 aliphatic heterocycles. The maximum atomic E-state index is 13.5. The molecule has 2 heterocycles. The van der Waals surface area contributed by atoms with Gasteiger partial charge < -0.3 is 10.1 Å². The molecule has 0 fully saturated rings. The van der Waals surface area contributed by atoms with Crippen molar-refractivity contribution in [2.45, 2.75) is 26.3 Å². The lowest BCUT2D eigenvalue weighted by Crippen LogP contribution is -2.34. The maximum Gasteiger partial charge on any atom is 0.252 e. The van der Waals surface area contributed by atoms with Crippen LogP contribution in [0.3, 0.4) is 0 Å². The number of carbonyl (C=O) groups is 2. The van der Waals surface area contributed by atoms with Crippen LogP contribution in [0.2, 0.25) is 5.02 Å². The van der Waals surface area contributed by atoms with Gasteiger partial charge in [-0.05, 0) is 61.9 Å². The van der Waals surface area contributed by atoms with E-state index < -0.39 is 11.6 Å². The summed E-state index contributed by atoms with van der Waals surface area (Å²) < 4.78 is 6.95. The smallest absolute Gasteiger partial charge is 0.252 e. The van der Waals surface area contributed by atoms with E-state index in [2.05, 4.69) is 10.3 Å². The highest BCUT2D eigenvalue weighted by Crippen LogP contribution is 2.34. The monoisotopic (exact) mass is 515 g/mol. The fourth-order valence-electron chi connectivity index (χ4n) is 4.09. The summed E-state index contributed by atoms with van der Waals surface area (Å²) in [5, 5.41) is 3.31. The number of aromatic nitrogens is 2. The molecule has 8 heteroatoms. The standard InChI is InChI=1S/C29H26ClN3O4/c1-18-7-10-21(11-8-18)32-29(36)26(15-22-6-4-5-13-31-22)33-17-27(37-3)25(16-28(33)35)24-14-20(30)9-12-23(24)19(2)34/h4-14,16-17,26H,15H2,1-3H3,(H,32,36). The zero-order chi connectivity index (χ0) is 26.5. The molecule has 0 saturated heterocycles. The first-order valence-electron chi connectivity index (χ1n) is 11.7. The zero-order valence-electron chi connectivity index (χ0n) is 20.7. The van der Waals surface area contributed by atoms with Gasteiger partial charge in [0.2, 0.25) is 5.91 Å². The molecule has 0 radical (unpaired) electrons. The van der Waals surface area contributed by atoms with Crippen molar-refractivity contribution in [1.29, 1.82) is 0 Å². The first kappa shape index (κ1) is 25.9. The van der Waals surface area contributed by atoms with E-state index in [4.69, 9.17) is 16.3 Å². The summed E-state index contributed by atoms with van der Waals surface area (Å²) in [6.07, 6.45) is 3.31. The molecule has 4 rings (SSSR count). The number of ether oxygens (including phenoxy) is 1. The van der Waals surface area contributed by atoms with Crippen molar-refractivity contribution < 1.29 is 14.3 Å². The Labute approximate surface area is 219 Å². The molecule has 0 spiro atoms. The van der Waals surface area contributed by atoms with Crippen LogP contribution >= 0.6 is 11.6 Å². The van der Waals surface area contributed by atoms with Crippen molar-refractivity contribution >= 4 is 29.0 Å². The molecule has 0 bridgehead atoms. The fourth-order valence-corrected chi connectivity index (χ4v) is 4.26. The van der Waals surface area contributed by atoms with Gasteiger partial charge >= 0.3 is 0 Å². The van der Waals surface area contributed by atoms with Crippen molar-refractivity contribution in [3.8, 4) is 16.9 Å². The lowest BCUT2D eigenvalue weighted by Gasteiger charge is -2.21. The fraction of sp³-hybridized carbons (Fsp3) is 0.172. The van der Waals surface area contributed by atoms with E-state index in [1.165, 1.54) is 30.9 Å². The number of rotatable bonds is 8. The van der Waals surface area contributed by atoms with Crippen molar-refractivity contribution in [3.63, 3.8) is 0 Å². The molecule has 188 valence electrons. The number of methoxy groups -OCH3 is 1. The Morgan fingerprint density at radius 1 is 1.05 bits per heavy atom. The number of anilines is 1.